The number of hydrogen-bond acceptors (Lipinski definition) is 2. The zero-order valence-electron chi connectivity index (χ0n) is 10.1. The van der Waals surface area contributed by atoms with Gasteiger partial charge in [0.1, 0.15) is 17.6 Å². The van der Waals surface area contributed by atoms with Gasteiger partial charge in [-0.2, -0.15) is 0 Å². The minimum absolute atomic E-state index is 0.0540. The second-order valence-corrected chi connectivity index (χ2v) is 5.45. The Balaban J connectivity index is 2.18. The average Bonchev–Trinajstić information content (AvgIpc) is 2.67. The first-order valence-corrected chi connectivity index (χ1v) is 6.87. The lowest BCUT2D eigenvalue weighted by Crippen LogP contribution is -2.19. The summed E-state index contributed by atoms with van der Waals surface area (Å²) >= 11 is 12.3. The van der Waals surface area contributed by atoms with Gasteiger partial charge in [0.25, 0.3) is 0 Å². The van der Waals surface area contributed by atoms with E-state index in [9.17, 15) is 0 Å². The molecule has 18 heavy (non-hydrogen) atoms. The van der Waals surface area contributed by atoms with Crippen molar-refractivity contribution in [3.8, 4) is 0 Å². The van der Waals surface area contributed by atoms with Gasteiger partial charge in [0.05, 0.1) is 10.5 Å². The minimum Gasteiger partial charge on any atom is -0.358 e. The van der Waals surface area contributed by atoms with E-state index in [0.717, 1.165) is 36.3 Å². The van der Waals surface area contributed by atoms with Crippen LogP contribution in [0.4, 0.5) is 0 Å². The SMILES string of the molecule is Cc1nc2c(Cl)cc(Cl)cc2n1C1CCCCO1. The maximum atomic E-state index is 6.19. The van der Waals surface area contributed by atoms with Gasteiger partial charge in [-0.05, 0) is 38.3 Å². The van der Waals surface area contributed by atoms with Crippen molar-refractivity contribution in [2.24, 2.45) is 0 Å². The first-order chi connectivity index (χ1) is 8.66. The molecule has 3 nitrogen and oxygen atoms in total. The predicted molar refractivity (Wildman–Crippen MR) is 73.3 cm³/mol. The Kier molecular flexibility index (Phi) is 3.22. The molecule has 1 aromatic carbocycles. The number of aryl methyl sites for hydroxylation is 1. The number of rotatable bonds is 1. The lowest BCUT2D eigenvalue weighted by molar-refractivity contribution is -0.0306. The van der Waals surface area contributed by atoms with E-state index in [1.54, 1.807) is 6.07 Å². The molecule has 1 unspecified atom stereocenters. The molecule has 0 radical (unpaired) electrons. The Morgan fingerprint density at radius 3 is 2.89 bits per heavy atom. The van der Waals surface area contributed by atoms with Crippen LogP contribution >= 0.6 is 23.2 Å². The van der Waals surface area contributed by atoms with Gasteiger partial charge in [-0.15, -0.1) is 0 Å². The first kappa shape index (κ1) is 12.3. The number of hydrogen-bond donors (Lipinski definition) is 0. The van der Waals surface area contributed by atoms with Crippen LogP contribution in [0.15, 0.2) is 12.1 Å². The van der Waals surface area contributed by atoms with Gasteiger partial charge in [0.2, 0.25) is 0 Å². The molecule has 1 aliphatic heterocycles. The molecule has 1 aromatic heterocycles. The highest BCUT2D eigenvalue weighted by Gasteiger charge is 2.21. The van der Waals surface area contributed by atoms with Crippen molar-refractivity contribution in [3.05, 3.63) is 28.0 Å². The molecule has 0 bridgehead atoms. The molecule has 1 aliphatic rings. The molecule has 1 saturated heterocycles. The zero-order chi connectivity index (χ0) is 12.7. The van der Waals surface area contributed by atoms with Crippen LogP contribution in [0, 0.1) is 6.92 Å². The molecule has 0 saturated carbocycles. The molecule has 2 heterocycles. The zero-order valence-corrected chi connectivity index (χ0v) is 11.6. The summed E-state index contributed by atoms with van der Waals surface area (Å²) in [5.74, 6) is 0.918. The molecule has 96 valence electrons. The molecule has 1 atom stereocenters. The van der Waals surface area contributed by atoms with Crippen molar-refractivity contribution in [3.63, 3.8) is 0 Å². The topological polar surface area (TPSA) is 27.1 Å². The van der Waals surface area contributed by atoms with Crippen molar-refractivity contribution >= 4 is 34.2 Å². The number of ether oxygens (including phenoxy) is 1. The van der Waals surface area contributed by atoms with E-state index < -0.39 is 0 Å². The molecule has 3 rings (SSSR count). The van der Waals surface area contributed by atoms with E-state index in [4.69, 9.17) is 27.9 Å². The number of fused-ring (bicyclic) bond motifs is 1. The Morgan fingerprint density at radius 1 is 1.33 bits per heavy atom. The number of benzene rings is 1. The maximum Gasteiger partial charge on any atom is 0.135 e. The number of halogens is 2. The van der Waals surface area contributed by atoms with Crippen LogP contribution in [-0.2, 0) is 4.74 Å². The van der Waals surface area contributed by atoms with Crippen LogP contribution in [-0.4, -0.2) is 16.2 Å². The van der Waals surface area contributed by atoms with Crippen molar-refractivity contribution in [2.75, 3.05) is 6.61 Å². The summed E-state index contributed by atoms with van der Waals surface area (Å²) < 4.78 is 7.93. The van der Waals surface area contributed by atoms with Crippen molar-refractivity contribution in [2.45, 2.75) is 32.4 Å². The number of nitrogens with zero attached hydrogens (tertiary/aromatic N) is 2. The smallest absolute Gasteiger partial charge is 0.135 e. The molecule has 0 amide bonds. The van der Waals surface area contributed by atoms with Gasteiger partial charge >= 0.3 is 0 Å². The summed E-state index contributed by atoms with van der Waals surface area (Å²) in [6.07, 6.45) is 3.37. The highest BCUT2D eigenvalue weighted by atomic mass is 35.5. The summed E-state index contributed by atoms with van der Waals surface area (Å²) in [4.78, 5) is 4.52. The average molecular weight is 285 g/mol. The van der Waals surface area contributed by atoms with Crippen LogP contribution in [0.5, 0.6) is 0 Å². The lowest BCUT2D eigenvalue weighted by atomic mass is 10.2. The summed E-state index contributed by atoms with van der Waals surface area (Å²) in [5, 5.41) is 1.22. The molecule has 2 aromatic rings. The second kappa shape index (κ2) is 4.72. The Labute approximate surface area is 116 Å². The standard InChI is InChI=1S/C13H14Cl2N2O/c1-8-16-13-10(15)6-9(14)7-11(13)17(8)12-4-2-3-5-18-12/h6-7,12H,2-5H2,1H3. The molecule has 0 spiro atoms. The molecular weight excluding hydrogens is 271 g/mol. The largest absolute Gasteiger partial charge is 0.358 e. The van der Waals surface area contributed by atoms with Gasteiger partial charge < -0.3 is 9.30 Å². The van der Waals surface area contributed by atoms with Gasteiger partial charge in [-0.25, -0.2) is 4.98 Å². The highest BCUT2D eigenvalue weighted by Crippen LogP contribution is 2.33. The molecule has 0 aliphatic carbocycles. The van der Waals surface area contributed by atoms with Gasteiger partial charge in [-0.3, -0.25) is 0 Å². The van der Waals surface area contributed by atoms with Crippen molar-refractivity contribution in [1.82, 2.24) is 9.55 Å². The second-order valence-electron chi connectivity index (χ2n) is 4.61. The lowest BCUT2D eigenvalue weighted by Gasteiger charge is -2.25. The van der Waals surface area contributed by atoms with E-state index in [1.807, 2.05) is 13.0 Å². The third kappa shape index (κ3) is 2.00. The number of imidazole rings is 1. The summed E-state index contributed by atoms with van der Waals surface area (Å²) in [7, 11) is 0. The molecule has 0 N–H and O–H groups in total. The number of aromatic nitrogens is 2. The molecule has 5 heteroatoms. The summed E-state index contributed by atoms with van der Waals surface area (Å²) in [6.45, 7) is 2.78. The predicted octanol–water partition coefficient (Wildman–Crippen LogP) is 4.35. The van der Waals surface area contributed by atoms with Crippen LogP contribution in [0.2, 0.25) is 10.0 Å². The van der Waals surface area contributed by atoms with Crippen molar-refractivity contribution in [1.29, 1.82) is 0 Å². The fourth-order valence-corrected chi connectivity index (χ4v) is 3.05. The third-order valence-corrected chi connectivity index (χ3v) is 3.84. The van der Waals surface area contributed by atoms with Crippen molar-refractivity contribution < 1.29 is 4.74 Å². The Morgan fingerprint density at radius 2 is 2.17 bits per heavy atom. The van der Waals surface area contributed by atoms with E-state index in [-0.39, 0.29) is 6.23 Å². The molecule has 1 fully saturated rings. The van der Waals surface area contributed by atoms with E-state index in [2.05, 4.69) is 9.55 Å². The van der Waals surface area contributed by atoms with E-state index in [0.29, 0.717) is 10.0 Å². The monoisotopic (exact) mass is 284 g/mol. The van der Waals surface area contributed by atoms with E-state index in [1.165, 1.54) is 6.42 Å². The third-order valence-electron chi connectivity index (χ3n) is 3.33. The fraction of sp³-hybridized carbons (Fsp3) is 0.462. The quantitative estimate of drug-likeness (QED) is 0.778. The fourth-order valence-electron chi connectivity index (χ4n) is 2.53. The Hall–Kier alpha value is -0.770. The first-order valence-electron chi connectivity index (χ1n) is 6.12. The maximum absolute atomic E-state index is 6.19. The van der Waals surface area contributed by atoms with Crippen LogP contribution in [0.25, 0.3) is 11.0 Å². The van der Waals surface area contributed by atoms with Gasteiger partial charge in [-0.1, -0.05) is 23.2 Å². The van der Waals surface area contributed by atoms with Crippen LogP contribution in [0.3, 0.4) is 0 Å². The summed E-state index contributed by atoms with van der Waals surface area (Å²) in [5.41, 5.74) is 1.75. The normalized spacial score (nSPS) is 20.5. The minimum atomic E-state index is 0.0540. The van der Waals surface area contributed by atoms with Crippen LogP contribution in [0.1, 0.15) is 31.3 Å². The van der Waals surface area contributed by atoms with Crippen LogP contribution < -0.4 is 0 Å². The highest BCUT2D eigenvalue weighted by molar-refractivity contribution is 6.38. The Bertz CT molecular complexity index is 588. The van der Waals surface area contributed by atoms with Gasteiger partial charge in [0, 0.05) is 11.6 Å². The summed E-state index contributed by atoms with van der Waals surface area (Å²) in [6, 6.07) is 3.63. The molecular formula is C13H14Cl2N2O. The van der Waals surface area contributed by atoms with Gasteiger partial charge in [0.15, 0.2) is 0 Å². The van der Waals surface area contributed by atoms with E-state index >= 15 is 0 Å².